The van der Waals surface area contributed by atoms with Gasteiger partial charge in [-0.05, 0) is 25.7 Å². The van der Waals surface area contributed by atoms with Gasteiger partial charge in [0.2, 0.25) is 0 Å². The summed E-state index contributed by atoms with van der Waals surface area (Å²) in [6.45, 7) is 0.154. The van der Waals surface area contributed by atoms with Crippen molar-refractivity contribution in [2.24, 2.45) is 17.4 Å². The number of aliphatic carboxylic acids is 1. The number of nitrogens with two attached hydrogens (primary N) is 2. The first kappa shape index (κ1) is 20.3. The van der Waals surface area contributed by atoms with Crippen LogP contribution in [0.1, 0.15) is 19.3 Å². The molecule has 0 radical (unpaired) electrons. The molecule has 12 heteroatoms. The van der Waals surface area contributed by atoms with E-state index in [0.717, 1.165) is 4.31 Å². The highest BCUT2D eigenvalue weighted by molar-refractivity contribution is 7.87. The molecule has 1 heterocycles. The van der Waals surface area contributed by atoms with E-state index >= 15 is 0 Å². The summed E-state index contributed by atoms with van der Waals surface area (Å²) in [5.41, 5.74) is 9.54. The fraction of sp³-hybridized carbons (Fsp3) is 0.909. The van der Waals surface area contributed by atoms with Crippen LogP contribution in [0.3, 0.4) is 0 Å². The SMILES string of the molecule is NCCCNS(=O)(=O)N1C[C@H](CCCB(O)O)[C@](N)(C(=O)O)C1. The quantitative estimate of drug-likeness (QED) is 0.179. The fourth-order valence-corrected chi connectivity index (χ4v) is 3.95. The van der Waals surface area contributed by atoms with Gasteiger partial charge < -0.3 is 26.6 Å². The van der Waals surface area contributed by atoms with Gasteiger partial charge in [0.1, 0.15) is 5.54 Å². The number of carboxylic acids is 1. The number of carbonyl (C=O) groups is 1. The maximum Gasteiger partial charge on any atom is 0.451 e. The van der Waals surface area contributed by atoms with E-state index in [0.29, 0.717) is 19.4 Å². The highest BCUT2D eigenvalue weighted by Crippen LogP contribution is 2.31. The van der Waals surface area contributed by atoms with Gasteiger partial charge in [0, 0.05) is 25.6 Å². The van der Waals surface area contributed by atoms with E-state index in [9.17, 15) is 18.3 Å². The lowest BCUT2D eigenvalue weighted by Crippen LogP contribution is -2.55. The number of hydrogen-bond donors (Lipinski definition) is 6. The monoisotopic (exact) mass is 352 g/mol. The first-order valence-electron chi connectivity index (χ1n) is 7.46. The molecule has 134 valence electrons. The van der Waals surface area contributed by atoms with Crippen molar-refractivity contribution in [3.05, 3.63) is 0 Å². The smallest absolute Gasteiger partial charge is 0.451 e. The Morgan fingerprint density at radius 3 is 2.57 bits per heavy atom. The molecule has 1 fully saturated rings. The molecule has 8 N–H and O–H groups in total. The summed E-state index contributed by atoms with van der Waals surface area (Å²) in [5, 5.41) is 27.1. The van der Waals surface area contributed by atoms with Crippen molar-refractivity contribution in [1.29, 1.82) is 0 Å². The molecule has 0 aliphatic carbocycles. The molecule has 0 bridgehead atoms. The minimum absolute atomic E-state index is 0.0255. The standard InChI is InChI=1S/C11H25BN4O6S/c13-5-2-6-15-23(21,22)16-7-9(3-1-4-12(19)20)11(14,8-16)10(17)18/h9,15,19-20H,1-8,13-14H2,(H,17,18)/t9-,11-/m0/s1. The van der Waals surface area contributed by atoms with Crippen LogP contribution in [0, 0.1) is 5.92 Å². The summed E-state index contributed by atoms with van der Waals surface area (Å²) in [7, 11) is -5.31. The summed E-state index contributed by atoms with van der Waals surface area (Å²) in [5.74, 6) is -1.88. The zero-order valence-corrected chi connectivity index (χ0v) is 13.7. The highest BCUT2D eigenvalue weighted by atomic mass is 32.2. The van der Waals surface area contributed by atoms with Crippen LogP contribution in [0.4, 0.5) is 0 Å². The second kappa shape index (κ2) is 8.37. The third-order valence-electron chi connectivity index (χ3n) is 4.01. The predicted molar refractivity (Wildman–Crippen MR) is 84.4 cm³/mol. The maximum atomic E-state index is 12.2. The van der Waals surface area contributed by atoms with E-state index in [4.69, 9.17) is 21.5 Å². The lowest BCUT2D eigenvalue weighted by atomic mass is 9.78. The van der Waals surface area contributed by atoms with Gasteiger partial charge in [-0.2, -0.15) is 12.7 Å². The summed E-state index contributed by atoms with van der Waals surface area (Å²) >= 11 is 0. The zero-order valence-electron chi connectivity index (χ0n) is 12.9. The predicted octanol–water partition coefficient (Wildman–Crippen LogP) is -2.86. The van der Waals surface area contributed by atoms with Crippen molar-refractivity contribution in [3.8, 4) is 0 Å². The zero-order chi connectivity index (χ0) is 17.7. The van der Waals surface area contributed by atoms with Crippen LogP contribution < -0.4 is 16.2 Å². The van der Waals surface area contributed by atoms with Gasteiger partial charge in [-0.25, -0.2) is 4.72 Å². The minimum atomic E-state index is -3.83. The Kier molecular flexibility index (Phi) is 7.39. The molecule has 1 rings (SSSR count). The van der Waals surface area contributed by atoms with Crippen molar-refractivity contribution in [1.82, 2.24) is 9.03 Å². The van der Waals surface area contributed by atoms with Gasteiger partial charge >= 0.3 is 13.1 Å². The van der Waals surface area contributed by atoms with Crippen molar-refractivity contribution < 1.29 is 28.4 Å². The van der Waals surface area contributed by atoms with Gasteiger partial charge in [0.25, 0.3) is 10.2 Å². The molecule has 0 aromatic carbocycles. The molecule has 0 unspecified atom stereocenters. The molecule has 1 saturated heterocycles. The largest absolute Gasteiger partial charge is 0.480 e. The average Bonchev–Trinajstić information content (AvgIpc) is 2.78. The van der Waals surface area contributed by atoms with E-state index < -0.39 is 34.8 Å². The molecular weight excluding hydrogens is 327 g/mol. The normalized spacial score (nSPS) is 25.7. The van der Waals surface area contributed by atoms with Crippen LogP contribution in [0.15, 0.2) is 0 Å². The summed E-state index contributed by atoms with van der Waals surface area (Å²) in [6.07, 6.45) is 1.17. The third-order valence-corrected chi connectivity index (χ3v) is 5.54. The lowest BCUT2D eigenvalue weighted by molar-refractivity contribution is -0.144. The number of nitrogens with one attached hydrogen (secondary N) is 1. The molecule has 0 spiro atoms. The Balaban J connectivity index is 2.77. The van der Waals surface area contributed by atoms with E-state index in [1.165, 1.54) is 0 Å². The van der Waals surface area contributed by atoms with Gasteiger partial charge in [0.15, 0.2) is 0 Å². The molecule has 2 atom stereocenters. The fourth-order valence-electron chi connectivity index (χ4n) is 2.61. The Labute approximate surface area is 136 Å². The Hall–Kier alpha value is -0.755. The van der Waals surface area contributed by atoms with Crippen molar-refractivity contribution >= 4 is 23.3 Å². The number of carboxylic acid groups (broad SMARTS) is 1. The molecule has 0 saturated carbocycles. The molecule has 1 aliphatic rings. The van der Waals surface area contributed by atoms with E-state index in [1.54, 1.807) is 0 Å². The molecule has 0 aromatic rings. The Morgan fingerprint density at radius 1 is 1.39 bits per heavy atom. The van der Waals surface area contributed by atoms with Crippen LogP contribution in [-0.2, 0) is 15.0 Å². The Morgan fingerprint density at radius 2 is 2.04 bits per heavy atom. The molecule has 10 nitrogen and oxygen atoms in total. The van der Waals surface area contributed by atoms with E-state index in [-0.39, 0.29) is 32.4 Å². The van der Waals surface area contributed by atoms with Crippen LogP contribution >= 0.6 is 0 Å². The maximum absolute atomic E-state index is 12.2. The van der Waals surface area contributed by atoms with E-state index in [1.807, 2.05) is 0 Å². The highest BCUT2D eigenvalue weighted by Gasteiger charge is 2.52. The first-order chi connectivity index (χ1) is 10.6. The van der Waals surface area contributed by atoms with Crippen molar-refractivity contribution in [2.45, 2.75) is 31.1 Å². The van der Waals surface area contributed by atoms with Crippen LogP contribution in [0.2, 0.25) is 6.32 Å². The number of rotatable bonds is 10. The molecule has 0 amide bonds. The van der Waals surface area contributed by atoms with E-state index in [2.05, 4.69) is 4.72 Å². The summed E-state index contributed by atoms with van der Waals surface area (Å²) in [4.78, 5) is 11.5. The first-order valence-corrected chi connectivity index (χ1v) is 8.90. The number of nitrogens with zero attached hydrogens (tertiary/aromatic N) is 1. The van der Waals surface area contributed by atoms with Gasteiger partial charge in [-0.1, -0.05) is 6.42 Å². The Bertz CT molecular complexity index is 505. The molecule has 23 heavy (non-hydrogen) atoms. The van der Waals surface area contributed by atoms with Gasteiger partial charge in [0.05, 0.1) is 0 Å². The second-order valence-corrected chi connectivity index (χ2v) is 7.54. The van der Waals surface area contributed by atoms with Crippen molar-refractivity contribution in [3.63, 3.8) is 0 Å². The second-order valence-electron chi connectivity index (χ2n) is 5.79. The topological polar surface area (TPSA) is 179 Å². The molecule has 0 aromatic heterocycles. The molecular formula is C11H25BN4O6S. The molecule has 1 aliphatic heterocycles. The van der Waals surface area contributed by atoms with Crippen molar-refractivity contribution in [2.75, 3.05) is 26.2 Å². The lowest BCUT2D eigenvalue weighted by Gasteiger charge is -2.25. The average molecular weight is 352 g/mol. The van der Waals surface area contributed by atoms with Crippen LogP contribution in [-0.4, -0.2) is 72.7 Å². The summed E-state index contributed by atoms with van der Waals surface area (Å²) in [6, 6.07) is 0. The third kappa shape index (κ3) is 5.38. The number of hydrogen-bond acceptors (Lipinski definition) is 7. The van der Waals surface area contributed by atoms with Gasteiger partial charge in [-0.15, -0.1) is 0 Å². The van der Waals surface area contributed by atoms with Gasteiger partial charge in [-0.3, -0.25) is 4.79 Å². The summed E-state index contributed by atoms with van der Waals surface area (Å²) < 4.78 is 27.8. The van der Waals surface area contributed by atoms with Crippen LogP contribution in [0.25, 0.3) is 0 Å². The minimum Gasteiger partial charge on any atom is -0.480 e. The van der Waals surface area contributed by atoms with Crippen LogP contribution in [0.5, 0.6) is 0 Å².